The summed E-state index contributed by atoms with van der Waals surface area (Å²) < 4.78 is 31.8. The van der Waals surface area contributed by atoms with Crippen LogP contribution in [0.5, 0.6) is 0 Å². The molecule has 1 rings (SSSR count). The number of nitrogens with one attached hydrogen (secondary N) is 1. The number of benzene rings is 1. The van der Waals surface area contributed by atoms with Crippen LogP contribution in [0.1, 0.15) is 13.8 Å². The van der Waals surface area contributed by atoms with E-state index in [9.17, 15) is 13.2 Å². The molecule has 1 atom stereocenters. The molecular weight excluding hydrogens is 393 g/mol. The molecule has 20 heavy (non-hydrogen) atoms. The lowest BCUT2D eigenvalue weighted by Gasteiger charge is -2.15. The zero-order valence-electron chi connectivity index (χ0n) is 10.6. The summed E-state index contributed by atoms with van der Waals surface area (Å²) in [7, 11) is -4.04. The molecule has 0 radical (unpaired) electrons. The molecule has 0 aliphatic carbocycles. The fourth-order valence-corrected chi connectivity index (χ4v) is 4.52. The van der Waals surface area contributed by atoms with Crippen LogP contribution in [-0.4, -0.2) is 27.0 Å². The Morgan fingerprint density at radius 1 is 1.40 bits per heavy atom. The van der Waals surface area contributed by atoms with E-state index in [1.54, 1.807) is 6.92 Å². The normalized spacial score (nSPS) is 13.1. The first-order valence-electron chi connectivity index (χ1n) is 5.52. The van der Waals surface area contributed by atoms with Crippen molar-refractivity contribution in [1.29, 1.82) is 0 Å². The summed E-state index contributed by atoms with van der Waals surface area (Å²) in [4.78, 5) is 11.2. The lowest BCUT2D eigenvalue weighted by atomic mass is 10.4. The van der Waals surface area contributed by atoms with E-state index in [1.807, 2.05) is 0 Å². The Morgan fingerprint density at radius 3 is 2.35 bits per heavy atom. The quantitative estimate of drug-likeness (QED) is 0.765. The standard InChI is InChI=1S/C11H12BrCl2NO4S/c1-3-19-11(16)6(2)15-20(17,18)10-8(13)4-7(12)5-9(10)14/h4-6,15H,3H2,1-2H3. The number of carbonyl (C=O) groups excluding carboxylic acids is 1. The van der Waals surface area contributed by atoms with E-state index < -0.39 is 22.0 Å². The SMILES string of the molecule is CCOC(=O)C(C)NS(=O)(=O)c1c(Cl)cc(Br)cc1Cl. The Balaban J connectivity index is 3.10. The van der Waals surface area contributed by atoms with Crippen LogP contribution >= 0.6 is 39.1 Å². The van der Waals surface area contributed by atoms with Crippen molar-refractivity contribution in [3.63, 3.8) is 0 Å². The van der Waals surface area contributed by atoms with E-state index in [-0.39, 0.29) is 21.5 Å². The number of sulfonamides is 1. The molecule has 0 aromatic heterocycles. The van der Waals surface area contributed by atoms with Crippen molar-refractivity contribution in [3.05, 3.63) is 26.7 Å². The van der Waals surface area contributed by atoms with Gasteiger partial charge in [-0.3, -0.25) is 4.79 Å². The highest BCUT2D eigenvalue weighted by Gasteiger charge is 2.27. The van der Waals surface area contributed by atoms with Gasteiger partial charge in [0, 0.05) is 4.47 Å². The molecule has 5 nitrogen and oxygen atoms in total. The molecule has 1 unspecified atom stereocenters. The van der Waals surface area contributed by atoms with Gasteiger partial charge in [0.2, 0.25) is 10.0 Å². The topological polar surface area (TPSA) is 72.5 Å². The molecule has 112 valence electrons. The zero-order valence-corrected chi connectivity index (χ0v) is 14.5. The molecule has 0 aliphatic heterocycles. The van der Waals surface area contributed by atoms with Crippen molar-refractivity contribution in [2.24, 2.45) is 0 Å². The fraction of sp³-hybridized carbons (Fsp3) is 0.364. The highest BCUT2D eigenvalue weighted by molar-refractivity contribution is 9.10. The highest BCUT2D eigenvalue weighted by atomic mass is 79.9. The summed E-state index contributed by atoms with van der Waals surface area (Å²) in [6, 6.07) is 1.75. The molecule has 0 heterocycles. The number of carbonyl (C=O) groups is 1. The Labute approximate surface area is 135 Å². The number of rotatable bonds is 5. The first-order valence-corrected chi connectivity index (χ1v) is 8.55. The van der Waals surface area contributed by atoms with Crippen LogP contribution in [0, 0.1) is 0 Å². The molecule has 0 fully saturated rings. The summed E-state index contributed by atoms with van der Waals surface area (Å²) in [6.45, 7) is 3.16. The Hall–Kier alpha value is -0.340. The highest BCUT2D eigenvalue weighted by Crippen LogP contribution is 2.32. The second kappa shape index (κ2) is 7.09. The van der Waals surface area contributed by atoms with E-state index in [2.05, 4.69) is 20.7 Å². The molecule has 1 aromatic carbocycles. The van der Waals surface area contributed by atoms with Crippen LogP contribution in [0.3, 0.4) is 0 Å². The van der Waals surface area contributed by atoms with Gasteiger partial charge in [-0.2, -0.15) is 4.72 Å². The number of halogens is 3. The minimum Gasteiger partial charge on any atom is -0.465 e. The molecule has 0 saturated heterocycles. The minimum absolute atomic E-state index is 0.0482. The maximum Gasteiger partial charge on any atom is 0.323 e. The summed E-state index contributed by atoms with van der Waals surface area (Å²) in [5.74, 6) is -0.680. The van der Waals surface area contributed by atoms with Gasteiger partial charge in [0.05, 0.1) is 16.7 Å². The van der Waals surface area contributed by atoms with Crippen molar-refractivity contribution in [2.75, 3.05) is 6.61 Å². The van der Waals surface area contributed by atoms with Crippen molar-refractivity contribution in [2.45, 2.75) is 24.8 Å². The average Bonchev–Trinajstić information content (AvgIpc) is 2.26. The van der Waals surface area contributed by atoms with E-state index in [4.69, 9.17) is 27.9 Å². The van der Waals surface area contributed by atoms with Gasteiger partial charge in [-0.25, -0.2) is 8.42 Å². The maximum absolute atomic E-state index is 12.2. The van der Waals surface area contributed by atoms with E-state index in [1.165, 1.54) is 19.1 Å². The molecule has 0 aliphatic rings. The lowest BCUT2D eigenvalue weighted by Crippen LogP contribution is -2.39. The first-order chi connectivity index (χ1) is 9.19. The van der Waals surface area contributed by atoms with E-state index in [0.717, 1.165) is 0 Å². The van der Waals surface area contributed by atoms with E-state index >= 15 is 0 Å². The van der Waals surface area contributed by atoms with Crippen LogP contribution in [0.4, 0.5) is 0 Å². The predicted octanol–water partition coefficient (Wildman–Crippen LogP) is 2.99. The predicted molar refractivity (Wildman–Crippen MR) is 80.6 cm³/mol. The van der Waals surface area contributed by atoms with Gasteiger partial charge in [0.25, 0.3) is 0 Å². The second-order valence-corrected chi connectivity index (χ2v) is 7.17. The largest absolute Gasteiger partial charge is 0.465 e. The van der Waals surface area contributed by atoms with Crippen molar-refractivity contribution < 1.29 is 17.9 Å². The van der Waals surface area contributed by atoms with E-state index in [0.29, 0.717) is 4.47 Å². The molecule has 9 heteroatoms. The van der Waals surface area contributed by atoms with Gasteiger partial charge < -0.3 is 4.74 Å². The number of hydrogen-bond acceptors (Lipinski definition) is 4. The minimum atomic E-state index is -4.04. The van der Waals surface area contributed by atoms with Gasteiger partial charge in [-0.15, -0.1) is 0 Å². The number of ether oxygens (including phenoxy) is 1. The summed E-state index contributed by atoms with van der Waals surface area (Å²) >= 11 is 14.9. The second-order valence-electron chi connectivity index (χ2n) is 3.79. The first kappa shape index (κ1) is 17.7. The van der Waals surface area contributed by atoms with Crippen LogP contribution in [0.15, 0.2) is 21.5 Å². The molecule has 0 bridgehead atoms. The molecule has 1 aromatic rings. The molecule has 0 saturated carbocycles. The maximum atomic E-state index is 12.2. The van der Waals surface area contributed by atoms with Gasteiger partial charge in [0.1, 0.15) is 10.9 Å². The van der Waals surface area contributed by atoms with Gasteiger partial charge in [0.15, 0.2) is 0 Å². The van der Waals surface area contributed by atoms with Crippen LogP contribution in [0.25, 0.3) is 0 Å². The smallest absolute Gasteiger partial charge is 0.323 e. The third-order valence-corrected chi connectivity index (χ3v) is 5.12. The van der Waals surface area contributed by atoms with Crippen molar-refractivity contribution in [3.8, 4) is 0 Å². The van der Waals surface area contributed by atoms with Gasteiger partial charge >= 0.3 is 5.97 Å². The summed E-state index contributed by atoms with van der Waals surface area (Å²) in [5, 5.41) is -0.0964. The lowest BCUT2D eigenvalue weighted by molar-refractivity contribution is -0.144. The Kier molecular flexibility index (Phi) is 6.27. The van der Waals surface area contributed by atoms with Gasteiger partial charge in [-0.1, -0.05) is 39.1 Å². The van der Waals surface area contributed by atoms with Crippen LogP contribution < -0.4 is 4.72 Å². The fourth-order valence-electron chi connectivity index (χ4n) is 1.39. The van der Waals surface area contributed by atoms with Crippen LogP contribution in [0.2, 0.25) is 10.0 Å². The van der Waals surface area contributed by atoms with Crippen LogP contribution in [-0.2, 0) is 19.6 Å². The monoisotopic (exact) mass is 403 g/mol. The third-order valence-electron chi connectivity index (χ3n) is 2.20. The Bertz CT molecular complexity index is 598. The average molecular weight is 405 g/mol. The molecule has 0 amide bonds. The molecular formula is C11H12BrCl2NO4S. The summed E-state index contributed by atoms with van der Waals surface area (Å²) in [5.41, 5.74) is 0. The zero-order chi connectivity index (χ0) is 15.5. The van der Waals surface area contributed by atoms with Crippen molar-refractivity contribution in [1.82, 2.24) is 4.72 Å². The number of esters is 1. The molecule has 1 N–H and O–H groups in total. The Morgan fingerprint density at radius 2 is 1.90 bits per heavy atom. The molecule has 0 spiro atoms. The number of hydrogen-bond donors (Lipinski definition) is 1. The van der Waals surface area contributed by atoms with Crippen molar-refractivity contribution >= 4 is 55.1 Å². The summed E-state index contributed by atoms with van der Waals surface area (Å²) in [6.07, 6.45) is 0. The van der Waals surface area contributed by atoms with Gasteiger partial charge in [-0.05, 0) is 26.0 Å². The third kappa shape index (κ3) is 4.33.